The molecule has 1 aliphatic rings. The zero-order valence-electron chi connectivity index (χ0n) is 85.1. The third kappa shape index (κ3) is 29.5. The van der Waals surface area contributed by atoms with Crippen LogP contribution in [0.3, 0.4) is 0 Å². The number of halogens is 1. The summed E-state index contributed by atoms with van der Waals surface area (Å²) in [7, 11) is -0.540. The summed E-state index contributed by atoms with van der Waals surface area (Å²) in [6.07, 6.45) is 9.68. The summed E-state index contributed by atoms with van der Waals surface area (Å²) in [5, 5.41) is 34.1. The van der Waals surface area contributed by atoms with Gasteiger partial charge in [0.1, 0.15) is 117 Å². The fourth-order valence-corrected chi connectivity index (χ4v) is 16.3. The average molecular weight is 2030 g/mol. The first-order chi connectivity index (χ1) is 67.6. The molecule has 0 aliphatic carbocycles. The van der Waals surface area contributed by atoms with Crippen molar-refractivity contribution in [1.29, 1.82) is 0 Å². The summed E-state index contributed by atoms with van der Waals surface area (Å²) < 4.78 is 98.6. The second kappa shape index (κ2) is 53.6. The number of aromatic hydroxyl groups is 1. The first kappa shape index (κ1) is 109. The van der Waals surface area contributed by atoms with Crippen molar-refractivity contribution >= 4 is 41.1 Å². The molecular formula is C116H132BIN3NaO19. The predicted octanol–water partition coefficient (Wildman–Crippen LogP) is 24.1. The van der Waals surface area contributed by atoms with Gasteiger partial charge < -0.3 is 90.0 Å². The van der Waals surface area contributed by atoms with Gasteiger partial charge in [0.2, 0.25) is 0 Å². The molecular weight excluding hydrogens is 1900 g/mol. The number of aromatic nitrogens is 3. The smallest absolute Gasteiger partial charge is 0.545 e. The third-order valence-electron chi connectivity index (χ3n) is 24.3. The van der Waals surface area contributed by atoms with Crippen LogP contribution in [-0.2, 0) is 61.0 Å². The molecule has 0 bridgehead atoms. The van der Waals surface area contributed by atoms with E-state index >= 15 is 0 Å². The topological polar surface area (TPSA) is 258 Å². The van der Waals surface area contributed by atoms with E-state index in [-0.39, 0.29) is 46.6 Å². The minimum absolute atomic E-state index is 0. The number of phenolic OH excluding ortho intramolecular Hbond substituents is 1. The molecule has 11 aromatic carbocycles. The van der Waals surface area contributed by atoms with Crippen molar-refractivity contribution < 1.29 is 120 Å². The summed E-state index contributed by atoms with van der Waals surface area (Å²) in [6, 6.07) is 72.3. The minimum Gasteiger partial charge on any atom is -0.545 e. The molecule has 4 heterocycles. The van der Waals surface area contributed by atoms with Gasteiger partial charge in [-0.3, -0.25) is 0 Å². The van der Waals surface area contributed by atoms with Gasteiger partial charge in [-0.1, -0.05) is 210 Å². The number of aryl methyl sites for hydroxylation is 11. The van der Waals surface area contributed by atoms with E-state index < -0.39 is 24.3 Å². The number of carboxylic acids is 1. The standard InChI is InChI=1S/C40H49BO6.C39H43NO5.C32H35NO7.C5H6INO.Na/c1-8-17-32-35(22-15-23-36(32)45-34-21-14-13-18-29(34)3)42-24-16-25-43-37-27-38(44-28-30-19-11-10-12-20-30)33(26-31(37)9-2)41-46-39(4,5)40(6,7)47-41;1-6-15-32-35(20-13-21-36(32)44-34-19-12-11-16-27(34)3)41-22-14-23-42-37-25-38(43-26-30-17-9-8-10-18-30)33(24-31(37)7-2)39-28(4)40-45-29(39)5;1-5-11-23-27(14-9-15-28(23)39-29-13-8-7-12-24(29)32(35)36)37-16-10-17-38-30-19-26(34)25(18-22(30)6-2)31-20(3)33-40-21(31)4;1-3-5(6)4(2)8-7-3;/h10-15,18-23,26-27H,8-9,16-17,24-25,28H2,1-7H3;8-13,16-21,24-25H,6-7,14-15,22-23,26H2,1-5H3;7-9,12-15,18-19,34H,5-6,10-11,16-17H2,1-4H3,(H,35,36);1-2H3;/q;;;;+1/p-1. The van der Waals surface area contributed by atoms with Crippen molar-refractivity contribution in [3.05, 3.63) is 324 Å². The zero-order chi connectivity index (χ0) is 99.8. The Morgan fingerprint density at radius 1 is 0.369 bits per heavy atom. The normalized spacial score (nSPS) is 12.1. The van der Waals surface area contributed by atoms with Gasteiger partial charge in [0.25, 0.3) is 0 Å². The molecule has 1 fully saturated rings. The number of carbonyl (C=O) groups excluding carboxylic acids is 1. The molecule has 0 radical (unpaired) electrons. The number of phenols is 1. The maximum Gasteiger partial charge on any atom is 1.00 e. The van der Waals surface area contributed by atoms with Crippen LogP contribution < -0.4 is 92.2 Å². The summed E-state index contributed by atoms with van der Waals surface area (Å²) >= 11 is 2.21. The number of ether oxygens (including phenoxy) is 11. The fourth-order valence-electron chi connectivity index (χ4n) is 16.1. The van der Waals surface area contributed by atoms with Crippen LogP contribution >= 0.6 is 22.6 Å². The summed E-state index contributed by atoms with van der Waals surface area (Å²) in [5.74, 6) is 11.4. The Bertz CT molecular complexity index is 6300. The van der Waals surface area contributed by atoms with Gasteiger partial charge in [-0.15, -0.1) is 0 Å². The monoisotopic (exact) mass is 2030 g/mol. The Labute approximate surface area is 867 Å². The molecule has 15 rings (SSSR count). The SMILES string of the molecule is CCCc1c(OCCCOc2cc(O)c(-c3c(C)noc3C)cc2CC)cccc1Oc1ccccc1C(=O)[O-].CCCc1c(OCCCOc2cc(OCc3ccccc3)c(-c3c(C)noc3C)cc2CC)cccc1Oc1ccccc1C.CCCc1c(OCCCOc2cc(OCc3ccccc3)c(B3OC(C)(C)C(C)(C)O3)cc2CC)cccc1Oc1ccccc1C.Cc1noc(C)c1I.[Na+]. The number of benzene rings is 11. The quantitative estimate of drug-likeness (QED) is 0.0211. The van der Waals surface area contributed by atoms with Gasteiger partial charge in [0.05, 0.1) is 88.6 Å². The molecule has 1 N–H and O–H groups in total. The molecule has 141 heavy (non-hydrogen) atoms. The van der Waals surface area contributed by atoms with Crippen molar-refractivity contribution in [2.75, 3.05) is 39.6 Å². The van der Waals surface area contributed by atoms with Crippen molar-refractivity contribution in [3.63, 3.8) is 0 Å². The van der Waals surface area contributed by atoms with Crippen molar-refractivity contribution in [3.8, 4) is 108 Å². The number of aromatic carboxylic acids is 1. The molecule has 22 nitrogen and oxygen atoms in total. The van der Waals surface area contributed by atoms with Crippen LogP contribution in [0.4, 0.5) is 0 Å². The second-order valence-corrected chi connectivity index (χ2v) is 36.5. The van der Waals surface area contributed by atoms with E-state index in [1.54, 1.807) is 30.3 Å². The third-order valence-corrected chi connectivity index (χ3v) is 25.9. The van der Waals surface area contributed by atoms with Crippen molar-refractivity contribution in [2.45, 2.75) is 226 Å². The van der Waals surface area contributed by atoms with Crippen LogP contribution in [0.1, 0.15) is 208 Å². The Balaban J connectivity index is 0.000000194. The largest absolute Gasteiger partial charge is 1.00 e. The zero-order valence-corrected chi connectivity index (χ0v) is 89.3. The molecule has 25 heteroatoms. The number of para-hydroxylation sites is 3. The Morgan fingerprint density at radius 3 is 1.09 bits per heavy atom. The van der Waals surface area contributed by atoms with E-state index in [4.69, 9.17) is 75.0 Å². The van der Waals surface area contributed by atoms with E-state index in [2.05, 4.69) is 163 Å². The van der Waals surface area contributed by atoms with Gasteiger partial charge in [-0.05, 0) is 256 Å². The number of carboxylic acid groups (broad SMARTS) is 1. The number of hydrogen-bond donors (Lipinski definition) is 1. The molecule has 3 aromatic heterocycles. The van der Waals surface area contributed by atoms with Crippen molar-refractivity contribution in [2.24, 2.45) is 0 Å². The number of hydrogen-bond acceptors (Lipinski definition) is 22. The van der Waals surface area contributed by atoms with E-state index in [1.807, 2.05) is 188 Å². The van der Waals surface area contributed by atoms with Crippen LogP contribution in [0.15, 0.2) is 238 Å². The maximum absolute atomic E-state index is 11.5. The van der Waals surface area contributed by atoms with Crippen LogP contribution in [0, 0.1) is 59.0 Å². The Morgan fingerprint density at radius 2 is 0.709 bits per heavy atom. The second-order valence-electron chi connectivity index (χ2n) is 35.4. The molecule has 0 spiro atoms. The molecule has 0 unspecified atom stereocenters. The first-order valence-electron chi connectivity index (χ1n) is 48.6. The molecule has 0 saturated carbocycles. The predicted molar refractivity (Wildman–Crippen MR) is 557 cm³/mol. The molecule has 0 amide bonds. The van der Waals surface area contributed by atoms with Gasteiger partial charge in [0.15, 0.2) is 0 Å². The Kier molecular flexibility index (Phi) is 41.5. The number of nitrogens with zero attached hydrogens (tertiary/aromatic N) is 3. The van der Waals surface area contributed by atoms with Crippen LogP contribution in [0.2, 0.25) is 0 Å². The maximum atomic E-state index is 11.5. The summed E-state index contributed by atoms with van der Waals surface area (Å²) in [4.78, 5) is 11.5. The molecule has 14 aromatic rings. The number of carbonyl (C=O) groups is 1. The Hall–Kier alpha value is -12.2. The summed E-state index contributed by atoms with van der Waals surface area (Å²) in [6.45, 7) is 40.2. The van der Waals surface area contributed by atoms with E-state index in [0.29, 0.717) is 100 Å². The molecule has 1 saturated heterocycles. The van der Waals surface area contributed by atoms with Gasteiger partial charge in [0, 0.05) is 76.3 Å². The van der Waals surface area contributed by atoms with Crippen LogP contribution in [0.5, 0.6) is 86.2 Å². The first-order valence-corrected chi connectivity index (χ1v) is 49.6. The van der Waals surface area contributed by atoms with E-state index in [1.165, 1.54) is 6.07 Å². The van der Waals surface area contributed by atoms with Gasteiger partial charge >= 0.3 is 36.7 Å². The fraction of sp³-hybridized carbons (Fsp3) is 0.345. The minimum atomic E-state index is -1.29. The van der Waals surface area contributed by atoms with Crippen molar-refractivity contribution in [1.82, 2.24) is 15.5 Å². The molecule has 0 atom stereocenters. The van der Waals surface area contributed by atoms with Crippen LogP contribution in [-0.4, -0.2) is 84.5 Å². The molecule has 1 aliphatic heterocycles. The van der Waals surface area contributed by atoms with E-state index in [0.717, 1.165) is 226 Å². The van der Waals surface area contributed by atoms with Gasteiger partial charge in [-0.2, -0.15) is 0 Å². The van der Waals surface area contributed by atoms with Gasteiger partial charge in [-0.25, -0.2) is 0 Å². The van der Waals surface area contributed by atoms with E-state index in [9.17, 15) is 15.0 Å². The summed E-state index contributed by atoms with van der Waals surface area (Å²) in [5.41, 5.74) is 16.5. The molecule has 736 valence electrons. The average Bonchev–Trinajstić information content (AvgIpc) is 1.60. The number of rotatable bonds is 43. The van der Waals surface area contributed by atoms with Crippen LogP contribution in [0.25, 0.3) is 22.3 Å².